The van der Waals surface area contributed by atoms with Gasteiger partial charge in [-0.3, -0.25) is 4.99 Å². The second-order valence-corrected chi connectivity index (χ2v) is 2.52. The molecule has 2 atom stereocenters. The lowest BCUT2D eigenvalue weighted by Gasteiger charge is -1.82. The zero-order chi connectivity index (χ0) is 3.72. The van der Waals surface area contributed by atoms with Crippen LogP contribution >= 0.6 is 0 Å². The standard InChI is InChI=1S/C5H5N/c1-2-3-4(2)5(3)6-1/h1-5H. The Morgan fingerprint density at radius 2 is 2.17 bits per heavy atom. The van der Waals surface area contributed by atoms with Gasteiger partial charge in [-0.05, 0) is 11.8 Å². The van der Waals surface area contributed by atoms with Crippen LogP contribution < -0.4 is 0 Å². The molecule has 2 fully saturated rings. The minimum absolute atomic E-state index is 0.843. The fraction of sp³-hybridized carbons (Fsp3) is 0.800. The molecule has 0 radical (unpaired) electrons. The molecule has 0 aromatic rings. The monoisotopic (exact) mass is 79.0 g/mol. The van der Waals surface area contributed by atoms with Crippen LogP contribution in [0.1, 0.15) is 0 Å². The van der Waals surface area contributed by atoms with Crippen LogP contribution in [0.5, 0.6) is 0 Å². The van der Waals surface area contributed by atoms with Gasteiger partial charge in [-0.2, -0.15) is 0 Å². The molecule has 2 unspecified atom stereocenters. The van der Waals surface area contributed by atoms with Gasteiger partial charge < -0.3 is 0 Å². The van der Waals surface area contributed by atoms with Crippen molar-refractivity contribution in [2.75, 3.05) is 0 Å². The van der Waals surface area contributed by atoms with E-state index in [1.165, 1.54) is 0 Å². The van der Waals surface area contributed by atoms with Gasteiger partial charge in [-0.1, -0.05) is 0 Å². The molecule has 2 heterocycles. The van der Waals surface area contributed by atoms with Gasteiger partial charge in [0.15, 0.2) is 0 Å². The molecule has 0 N–H and O–H groups in total. The average Bonchev–Trinajstić information content (AvgIpc) is 2.30. The van der Waals surface area contributed by atoms with Gasteiger partial charge in [-0.15, -0.1) is 0 Å². The summed E-state index contributed by atoms with van der Waals surface area (Å²) in [6.45, 7) is 0. The summed E-state index contributed by atoms with van der Waals surface area (Å²) in [5.41, 5.74) is 0. The topological polar surface area (TPSA) is 12.4 Å². The van der Waals surface area contributed by atoms with Crippen molar-refractivity contribution in [1.29, 1.82) is 0 Å². The Kier molecular flexibility index (Phi) is 0.118. The van der Waals surface area contributed by atoms with E-state index in [-0.39, 0.29) is 0 Å². The number of nitrogens with zero attached hydrogens (tertiary/aromatic N) is 1. The molecule has 4 rings (SSSR count). The van der Waals surface area contributed by atoms with Gasteiger partial charge in [0.25, 0.3) is 0 Å². The molecule has 0 aromatic heterocycles. The van der Waals surface area contributed by atoms with Crippen LogP contribution in [-0.2, 0) is 0 Å². The summed E-state index contributed by atoms with van der Waals surface area (Å²) in [5, 5.41) is 0. The third-order valence-corrected chi connectivity index (χ3v) is 2.27. The molecule has 6 heavy (non-hydrogen) atoms. The molecule has 2 aliphatic heterocycles. The van der Waals surface area contributed by atoms with Crippen LogP contribution in [0.3, 0.4) is 0 Å². The lowest BCUT2D eigenvalue weighted by Crippen LogP contribution is -1.89. The number of hydrogen-bond acceptors (Lipinski definition) is 1. The molecular weight excluding hydrogens is 74.1 g/mol. The lowest BCUT2D eigenvalue weighted by atomic mass is 10.2. The maximum absolute atomic E-state index is 4.22. The predicted octanol–water partition coefficient (Wildman–Crippen LogP) is 0.315. The van der Waals surface area contributed by atoms with E-state index in [9.17, 15) is 0 Å². The van der Waals surface area contributed by atoms with E-state index in [2.05, 4.69) is 11.2 Å². The van der Waals surface area contributed by atoms with Crippen molar-refractivity contribution in [2.45, 2.75) is 6.04 Å². The van der Waals surface area contributed by atoms with Crippen molar-refractivity contribution in [3.8, 4) is 0 Å². The third-order valence-electron chi connectivity index (χ3n) is 2.27. The molecule has 30 valence electrons. The van der Waals surface area contributed by atoms with Crippen molar-refractivity contribution in [2.24, 2.45) is 22.7 Å². The fourth-order valence-corrected chi connectivity index (χ4v) is 1.63. The van der Waals surface area contributed by atoms with Gasteiger partial charge in [0.05, 0.1) is 6.04 Å². The summed E-state index contributed by atoms with van der Waals surface area (Å²) in [7, 11) is 0. The zero-order valence-electron chi connectivity index (χ0n) is 3.33. The van der Waals surface area contributed by atoms with Crippen molar-refractivity contribution in [1.82, 2.24) is 0 Å². The van der Waals surface area contributed by atoms with E-state index in [1.807, 2.05) is 0 Å². The molecule has 2 bridgehead atoms. The normalized spacial score (nSPS) is 77.3. The molecule has 1 nitrogen and oxygen atoms in total. The van der Waals surface area contributed by atoms with E-state index < -0.39 is 0 Å². The maximum Gasteiger partial charge on any atom is 0.0572 e. The maximum atomic E-state index is 4.22. The second kappa shape index (κ2) is 0.337. The van der Waals surface area contributed by atoms with Crippen molar-refractivity contribution < 1.29 is 0 Å². The average molecular weight is 79.1 g/mol. The van der Waals surface area contributed by atoms with E-state index in [0.717, 1.165) is 23.8 Å². The van der Waals surface area contributed by atoms with Crippen molar-refractivity contribution >= 4 is 6.21 Å². The highest BCUT2D eigenvalue weighted by molar-refractivity contribution is 5.76. The summed E-state index contributed by atoms with van der Waals surface area (Å²) < 4.78 is 0. The highest BCUT2D eigenvalue weighted by Gasteiger charge is 2.76. The van der Waals surface area contributed by atoms with Gasteiger partial charge in [0.1, 0.15) is 0 Å². The lowest BCUT2D eigenvalue weighted by molar-refractivity contribution is 0.750. The van der Waals surface area contributed by atoms with Crippen LogP contribution in [0.4, 0.5) is 0 Å². The number of rotatable bonds is 0. The smallest absolute Gasteiger partial charge is 0.0572 e. The van der Waals surface area contributed by atoms with Crippen LogP contribution in [0.2, 0.25) is 0 Å². The minimum Gasteiger partial charge on any atom is -0.293 e. The van der Waals surface area contributed by atoms with Crippen molar-refractivity contribution in [3.05, 3.63) is 0 Å². The number of aliphatic imine (C=N–C) groups is 1. The van der Waals surface area contributed by atoms with Crippen LogP contribution in [0.15, 0.2) is 4.99 Å². The summed E-state index contributed by atoms with van der Waals surface area (Å²) in [6, 6.07) is 0.843. The first-order valence-corrected chi connectivity index (χ1v) is 2.52. The Hall–Kier alpha value is -0.330. The molecule has 0 spiro atoms. The summed E-state index contributed by atoms with van der Waals surface area (Å²) >= 11 is 0. The Labute approximate surface area is 36.1 Å². The van der Waals surface area contributed by atoms with E-state index >= 15 is 0 Å². The molecule has 4 aliphatic rings. The Balaban J connectivity index is 2.35. The number of hydrogen-bond donors (Lipinski definition) is 0. The Bertz CT molecular complexity index is 115. The molecule has 2 aliphatic carbocycles. The predicted molar refractivity (Wildman–Crippen MR) is 22.7 cm³/mol. The first-order chi connectivity index (χ1) is 2.98. The molecule has 2 saturated carbocycles. The fourth-order valence-electron chi connectivity index (χ4n) is 1.63. The Morgan fingerprint density at radius 3 is 2.33 bits per heavy atom. The van der Waals surface area contributed by atoms with Gasteiger partial charge in [0, 0.05) is 12.1 Å². The van der Waals surface area contributed by atoms with Crippen LogP contribution in [-0.4, -0.2) is 12.3 Å². The second-order valence-electron chi connectivity index (χ2n) is 2.52. The SMILES string of the molecule is C1=NC2C3C1C23. The quantitative estimate of drug-likeness (QED) is 0.396. The highest BCUT2D eigenvalue weighted by atomic mass is 15.1. The molecule has 1 heteroatoms. The Morgan fingerprint density at radius 1 is 1.33 bits per heavy atom. The third kappa shape index (κ3) is 0.0612. The largest absolute Gasteiger partial charge is 0.293 e. The van der Waals surface area contributed by atoms with Gasteiger partial charge >= 0.3 is 0 Å². The van der Waals surface area contributed by atoms with E-state index in [1.54, 1.807) is 0 Å². The molecule has 0 amide bonds. The van der Waals surface area contributed by atoms with Crippen LogP contribution in [0, 0.1) is 17.8 Å². The van der Waals surface area contributed by atoms with E-state index in [0.29, 0.717) is 0 Å². The first-order valence-electron chi connectivity index (χ1n) is 2.52. The molecule has 0 aromatic carbocycles. The zero-order valence-corrected chi connectivity index (χ0v) is 3.33. The summed E-state index contributed by atoms with van der Waals surface area (Å²) in [5.74, 6) is 3.13. The summed E-state index contributed by atoms with van der Waals surface area (Å²) in [4.78, 5) is 4.22. The highest BCUT2D eigenvalue weighted by Crippen LogP contribution is 2.72. The summed E-state index contributed by atoms with van der Waals surface area (Å²) in [6.07, 6.45) is 2.14. The first kappa shape index (κ1) is 2.10. The van der Waals surface area contributed by atoms with E-state index in [4.69, 9.17) is 0 Å². The van der Waals surface area contributed by atoms with Gasteiger partial charge in [-0.25, -0.2) is 0 Å². The minimum atomic E-state index is 0.843. The van der Waals surface area contributed by atoms with Crippen molar-refractivity contribution in [3.63, 3.8) is 0 Å². The molecular formula is C5H5N. The van der Waals surface area contributed by atoms with Crippen LogP contribution in [0.25, 0.3) is 0 Å². The van der Waals surface area contributed by atoms with Gasteiger partial charge in [0.2, 0.25) is 0 Å². The molecule has 0 saturated heterocycles.